The first-order valence-corrected chi connectivity index (χ1v) is 5.51. The van der Waals surface area contributed by atoms with Gasteiger partial charge in [0.2, 0.25) is 5.91 Å². The number of nitrogen functional groups attached to an aromatic ring is 1. The Morgan fingerprint density at radius 1 is 1.56 bits per heavy atom. The standard InChI is InChI=1S/C10H10BrFN2O2/c11-5-1-7(12)10(13)8(2-5)14-4-6(15)3-9(14)16/h1-2,6,15H,3-4,13H2. The minimum atomic E-state index is -0.714. The van der Waals surface area contributed by atoms with Gasteiger partial charge in [0.05, 0.1) is 30.4 Å². The van der Waals surface area contributed by atoms with Crippen molar-refractivity contribution in [3.05, 3.63) is 22.4 Å². The van der Waals surface area contributed by atoms with Gasteiger partial charge in [0.15, 0.2) is 0 Å². The van der Waals surface area contributed by atoms with Crippen molar-refractivity contribution in [1.29, 1.82) is 0 Å². The van der Waals surface area contributed by atoms with Crippen LogP contribution in [0, 0.1) is 5.82 Å². The topological polar surface area (TPSA) is 66.6 Å². The molecule has 3 N–H and O–H groups in total. The fourth-order valence-electron chi connectivity index (χ4n) is 1.72. The van der Waals surface area contributed by atoms with E-state index < -0.39 is 11.9 Å². The van der Waals surface area contributed by atoms with E-state index in [1.807, 2.05) is 0 Å². The molecule has 0 radical (unpaired) electrons. The molecule has 16 heavy (non-hydrogen) atoms. The van der Waals surface area contributed by atoms with Crippen LogP contribution in [0.4, 0.5) is 15.8 Å². The second kappa shape index (κ2) is 4.03. The maximum Gasteiger partial charge on any atom is 0.229 e. The number of nitrogens with two attached hydrogens (primary N) is 1. The van der Waals surface area contributed by atoms with Crippen LogP contribution in [-0.2, 0) is 4.79 Å². The monoisotopic (exact) mass is 288 g/mol. The summed E-state index contributed by atoms with van der Waals surface area (Å²) in [7, 11) is 0. The van der Waals surface area contributed by atoms with Gasteiger partial charge in [-0.1, -0.05) is 15.9 Å². The van der Waals surface area contributed by atoms with E-state index in [9.17, 15) is 14.3 Å². The Balaban J connectivity index is 2.44. The molecule has 1 aliphatic heterocycles. The van der Waals surface area contributed by atoms with E-state index in [0.29, 0.717) is 10.2 Å². The predicted molar refractivity (Wildman–Crippen MR) is 61.5 cm³/mol. The normalized spacial score (nSPS) is 20.6. The van der Waals surface area contributed by atoms with Gasteiger partial charge in [0.1, 0.15) is 5.82 Å². The highest BCUT2D eigenvalue weighted by atomic mass is 79.9. The number of aliphatic hydroxyl groups excluding tert-OH is 1. The van der Waals surface area contributed by atoms with Gasteiger partial charge in [0, 0.05) is 4.47 Å². The highest BCUT2D eigenvalue weighted by Gasteiger charge is 2.30. The Morgan fingerprint density at radius 2 is 2.25 bits per heavy atom. The molecule has 1 fully saturated rings. The number of amides is 1. The molecule has 4 nitrogen and oxygen atoms in total. The molecule has 2 rings (SSSR count). The van der Waals surface area contributed by atoms with Crippen molar-refractivity contribution in [3.8, 4) is 0 Å². The zero-order chi connectivity index (χ0) is 11.9. The molecule has 1 heterocycles. The van der Waals surface area contributed by atoms with Gasteiger partial charge in [-0.05, 0) is 12.1 Å². The van der Waals surface area contributed by atoms with Gasteiger partial charge in [-0.3, -0.25) is 4.79 Å². The van der Waals surface area contributed by atoms with Crippen molar-refractivity contribution in [2.75, 3.05) is 17.2 Å². The van der Waals surface area contributed by atoms with E-state index >= 15 is 0 Å². The van der Waals surface area contributed by atoms with Gasteiger partial charge in [-0.25, -0.2) is 4.39 Å². The maximum absolute atomic E-state index is 13.4. The van der Waals surface area contributed by atoms with Crippen molar-refractivity contribution in [1.82, 2.24) is 0 Å². The summed E-state index contributed by atoms with van der Waals surface area (Å²) in [6.45, 7) is 0.152. The number of rotatable bonds is 1. The first kappa shape index (κ1) is 11.3. The molecule has 1 unspecified atom stereocenters. The molecule has 1 saturated heterocycles. The van der Waals surface area contributed by atoms with E-state index in [1.54, 1.807) is 6.07 Å². The smallest absolute Gasteiger partial charge is 0.229 e. The number of carbonyl (C=O) groups is 1. The van der Waals surface area contributed by atoms with Crippen molar-refractivity contribution < 1.29 is 14.3 Å². The molecule has 1 amide bonds. The molecule has 0 spiro atoms. The number of nitrogens with zero attached hydrogens (tertiary/aromatic N) is 1. The van der Waals surface area contributed by atoms with E-state index in [4.69, 9.17) is 5.73 Å². The molecule has 0 bridgehead atoms. The number of anilines is 2. The number of benzene rings is 1. The summed E-state index contributed by atoms with van der Waals surface area (Å²) in [4.78, 5) is 12.8. The van der Waals surface area contributed by atoms with Crippen molar-refractivity contribution >= 4 is 33.2 Å². The number of aliphatic hydroxyl groups is 1. The lowest BCUT2D eigenvalue weighted by Gasteiger charge is -2.18. The Morgan fingerprint density at radius 3 is 2.81 bits per heavy atom. The highest BCUT2D eigenvalue weighted by molar-refractivity contribution is 9.10. The molecule has 86 valence electrons. The summed E-state index contributed by atoms with van der Waals surface area (Å²) in [6, 6.07) is 2.80. The Labute approximate surface area is 100.0 Å². The van der Waals surface area contributed by atoms with E-state index in [0.717, 1.165) is 0 Å². The molecule has 0 aromatic heterocycles. The molecule has 1 aromatic carbocycles. The number of carbonyl (C=O) groups excluding carboxylic acids is 1. The summed E-state index contributed by atoms with van der Waals surface area (Å²) in [6.07, 6.45) is -0.665. The number of β-amino-alcohol motifs (C(OH)–C–C–N with tert-alkyl or cyclic N) is 1. The van der Waals surface area contributed by atoms with E-state index in [-0.39, 0.29) is 24.6 Å². The van der Waals surface area contributed by atoms with Gasteiger partial charge >= 0.3 is 0 Å². The summed E-state index contributed by atoms with van der Waals surface area (Å²) in [5.41, 5.74) is 5.79. The molecule has 1 aliphatic rings. The zero-order valence-corrected chi connectivity index (χ0v) is 9.87. The average molecular weight is 289 g/mol. The van der Waals surface area contributed by atoms with Crippen LogP contribution in [0.3, 0.4) is 0 Å². The van der Waals surface area contributed by atoms with Gasteiger partial charge < -0.3 is 15.7 Å². The number of hydrogen-bond acceptors (Lipinski definition) is 3. The second-order valence-corrected chi connectivity index (χ2v) is 4.60. The van der Waals surface area contributed by atoms with E-state index in [2.05, 4.69) is 15.9 Å². The van der Waals surface area contributed by atoms with Crippen LogP contribution in [-0.4, -0.2) is 23.7 Å². The minimum Gasteiger partial charge on any atom is -0.395 e. The fourth-order valence-corrected chi connectivity index (χ4v) is 2.13. The van der Waals surface area contributed by atoms with Crippen LogP contribution in [0.5, 0.6) is 0 Å². The molecule has 0 aliphatic carbocycles. The lowest BCUT2D eigenvalue weighted by Crippen LogP contribution is -2.26. The van der Waals surface area contributed by atoms with Crippen LogP contribution < -0.4 is 10.6 Å². The fraction of sp³-hybridized carbons (Fsp3) is 0.300. The van der Waals surface area contributed by atoms with Crippen LogP contribution in [0.2, 0.25) is 0 Å². The third-order valence-electron chi connectivity index (χ3n) is 2.47. The number of hydrogen-bond donors (Lipinski definition) is 2. The van der Waals surface area contributed by atoms with Crippen LogP contribution in [0.1, 0.15) is 6.42 Å². The molecular weight excluding hydrogens is 279 g/mol. The summed E-state index contributed by atoms with van der Waals surface area (Å²) < 4.78 is 13.9. The highest BCUT2D eigenvalue weighted by Crippen LogP contribution is 2.32. The van der Waals surface area contributed by atoms with Gasteiger partial charge in [0.25, 0.3) is 0 Å². The Hall–Kier alpha value is -1.14. The Kier molecular flexibility index (Phi) is 2.86. The lowest BCUT2D eigenvalue weighted by atomic mass is 10.2. The Bertz CT molecular complexity index is 453. The first-order chi connectivity index (χ1) is 7.49. The van der Waals surface area contributed by atoms with Crippen molar-refractivity contribution in [2.24, 2.45) is 0 Å². The second-order valence-electron chi connectivity index (χ2n) is 3.68. The minimum absolute atomic E-state index is 0.0492. The molecule has 0 saturated carbocycles. The third-order valence-corrected chi connectivity index (χ3v) is 2.93. The van der Waals surface area contributed by atoms with Crippen LogP contribution in [0.25, 0.3) is 0 Å². The van der Waals surface area contributed by atoms with Gasteiger partial charge in [-0.15, -0.1) is 0 Å². The molecule has 1 atom stereocenters. The molecular formula is C10H10BrFN2O2. The molecule has 6 heteroatoms. The average Bonchev–Trinajstić information content (AvgIpc) is 2.51. The zero-order valence-electron chi connectivity index (χ0n) is 8.28. The quantitative estimate of drug-likeness (QED) is 0.765. The van der Waals surface area contributed by atoms with Crippen molar-refractivity contribution in [2.45, 2.75) is 12.5 Å². The number of halogens is 2. The summed E-state index contributed by atoms with van der Waals surface area (Å²) >= 11 is 3.13. The summed E-state index contributed by atoms with van der Waals surface area (Å²) in [5.74, 6) is -0.838. The van der Waals surface area contributed by atoms with Crippen molar-refractivity contribution in [3.63, 3.8) is 0 Å². The SMILES string of the molecule is Nc1c(F)cc(Br)cc1N1CC(O)CC1=O. The van der Waals surface area contributed by atoms with Crippen LogP contribution >= 0.6 is 15.9 Å². The van der Waals surface area contributed by atoms with Gasteiger partial charge in [-0.2, -0.15) is 0 Å². The third kappa shape index (κ3) is 1.90. The summed E-state index contributed by atoms with van der Waals surface area (Å²) in [5, 5.41) is 9.35. The van der Waals surface area contributed by atoms with Crippen LogP contribution in [0.15, 0.2) is 16.6 Å². The maximum atomic E-state index is 13.4. The largest absolute Gasteiger partial charge is 0.395 e. The molecule has 1 aromatic rings. The lowest BCUT2D eigenvalue weighted by molar-refractivity contribution is -0.117. The van der Waals surface area contributed by atoms with E-state index in [1.165, 1.54) is 11.0 Å². The first-order valence-electron chi connectivity index (χ1n) is 4.72. The predicted octanol–water partition coefficient (Wildman–Crippen LogP) is 1.27.